The Balaban J connectivity index is 3.00. The van der Waals surface area contributed by atoms with Gasteiger partial charge in [-0.05, 0) is 32.9 Å². The summed E-state index contributed by atoms with van der Waals surface area (Å²) < 4.78 is 29.3. The Labute approximate surface area is 117 Å². The Hall–Kier alpha value is -0.100. The van der Waals surface area contributed by atoms with E-state index in [2.05, 4.69) is 20.3 Å². The number of nitrogens with zero attached hydrogens (tertiary/aromatic N) is 1. The highest BCUT2D eigenvalue weighted by Crippen LogP contribution is 2.24. The normalized spacial score (nSPS) is 14.3. The second-order valence-corrected chi connectivity index (χ2v) is 7.64. The molecule has 0 saturated heterocycles. The number of hydrogen-bond donors (Lipinski definition) is 0. The van der Waals surface area contributed by atoms with E-state index in [9.17, 15) is 8.94 Å². The lowest BCUT2D eigenvalue weighted by Gasteiger charge is -2.17. The predicted molar refractivity (Wildman–Crippen MR) is 74.6 cm³/mol. The molecule has 0 aliphatic heterocycles. The Morgan fingerprint density at radius 2 is 2.06 bits per heavy atom. The van der Waals surface area contributed by atoms with E-state index in [1.165, 1.54) is 18.3 Å². The summed E-state index contributed by atoms with van der Waals surface area (Å²) in [6.07, 6.45) is 1.24. The van der Waals surface area contributed by atoms with Gasteiger partial charge in [0.05, 0.1) is 11.2 Å². The summed E-state index contributed by atoms with van der Waals surface area (Å²) in [5.74, 6) is -0.565. The molecule has 1 aromatic rings. The Bertz CT molecular complexity index is 448. The molecule has 94 valence electrons. The number of benzene rings is 1. The minimum absolute atomic E-state index is 0.00219. The van der Waals surface area contributed by atoms with Gasteiger partial charge in [0.15, 0.2) is 5.82 Å². The lowest BCUT2D eigenvalue weighted by molar-refractivity contribution is 0.561. The first-order chi connectivity index (χ1) is 7.71. The first-order valence-electron chi connectivity index (χ1n) is 4.82. The van der Waals surface area contributed by atoms with Crippen molar-refractivity contribution in [3.05, 3.63) is 33.0 Å². The Morgan fingerprint density at radius 1 is 1.47 bits per heavy atom. The molecule has 1 rings (SSSR count). The van der Waals surface area contributed by atoms with E-state index < -0.39 is 21.9 Å². The van der Waals surface area contributed by atoms with Crippen LogP contribution in [0.4, 0.5) is 4.39 Å². The monoisotopic (exact) mass is 339 g/mol. The van der Waals surface area contributed by atoms with E-state index in [4.69, 9.17) is 11.6 Å². The fourth-order valence-electron chi connectivity index (χ4n) is 0.933. The molecule has 0 heterocycles. The summed E-state index contributed by atoms with van der Waals surface area (Å²) in [5, 5.41) is 0.00219. The zero-order valence-electron chi connectivity index (χ0n) is 9.63. The molecule has 1 atom stereocenters. The van der Waals surface area contributed by atoms with Gasteiger partial charge in [0.2, 0.25) is 0 Å². The topological polar surface area (TPSA) is 35.4 Å². The highest BCUT2D eigenvalue weighted by molar-refractivity contribution is 9.10. The minimum atomic E-state index is -1.41. The quantitative estimate of drug-likeness (QED) is 0.453. The molecule has 0 saturated carbocycles. The maximum absolute atomic E-state index is 13.6. The van der Waals surface area contributed by atoms with Gasteiger partial charge >= 0.3 is 0 Å². The number of rotatable bonds is 2. The molecule has 17 heavy (non-hydrogen) atoms. The van der Waals surface area contributed by atoms with E-state index in [0.29, 0.717) is 4.47 Å². The molecular weight excluding hydrogens is 329 g/mol. The Kier molecular flexibility index (Phi) is 5.01. The van der Waals surface area contributed by atoms with E-state index in [1.807, 2.05) is 0 Å². The SMILES string of the molecule is CC(C)(C)[S+]([O-])N=Cc1cc(Br)cc(Cl)c1F. The first kappa shape index (κ1) is 15.0. The smallest absolute Gasteiger partial charge is 0.150 e. The highest BCUT2D eigenvalue weighted by atomic mass is 79.9. The Morgan fingerprint density at radius 3 is 2.59 bits per heavy atom. The third-order valence-corrected chi connectivity index (χ3v) is 3.91. The van der Waals surface area contributed by atoms with Crippen molar-refractivity contribution < 1.29 is 8.94 Å². The summed E-state index contributed by atoms with van der Waals surface area (Å²) >= 11 is 7.47. The van der Waals surface area contributed by atoms with Gasteiger partial charge in [-0.15, -0.1) is 0 Å². The molecule has 2 nitrogen and oxygen atoms in total. The first-order valence-corrected chi connectivity index (χ1v) is 7.10. The number of hydrogen-bond acceptors (Lipinski definition) is 2. The van der Waals surface area contributed by atoms with Crippen LogP contribution in [0.3, 0.4) is 0 Å². The van der Waals surface area contributed by atoms with E-state index in [1.54, 1.807) is 20.8 Å². The van der Waals surface area contributed by atoms with Crippen LogP contribution < -0.4 is 0 Å². The third kappa shape index (κ3) is 4.25. The lowest BCUT2D eigenvalue weighted by atomic mass is 10.2. The molecule has 0 aromatic heterocycles. The molecule has 0 fully saturated rings. The van der Waals surface area contributed by atoms with E-state index >= 15 is 0 Å². The molecule has 0 bridgehead atoms. The van der Waals surface area contributed by atoms with Gasteiger partial charge in [-0.1, -0.05) is 31.9 Å². The average molecular weight is 341 g/mol. The lowest BCUT2D eigenvalue weighted by Crippen LogP contribution is -2.25. The van der Waals surface area contributed by atoms with Crippen LogP contribution in [0.25, 0.3) is 0 Å². The molecule has 0 N–H and O–H groups in total. The van der Waals surface area contributed by atoms with Gasteiger partial charge < -0.3 is 4.55 Å². The van der Waals surface area contributed by atoms with E-state index in [-0.39, 0.29) is 10.6 Å². The van der Waals surface area contributed by atoms with Crippen LogP contribution in [-0.2, 0) is 11.4 Å². The molecule has 0 radical (unpaired) electrons. The largest absolute Gasteiger partial charge is 0.591 e. The predicted octanol–water partition coefficient (Wildman–Crippen LogP) is 4.12. The molecule has 0 spiro atoms. The van der Waals surface area contributed by atoms with Crippen LogP contribution in [-0.4, -0.2) is 15.5 Å². The zero-order chi connectivity index (χ0) is 13.2. The second-order valence-electron chi connectivity index (χ2n) is 4.39. The van der Waals surface area contributed by atoms with Crippen LogP contribution in [0, 0.1) is 5.82 Å². The van der Waals surface area contributed by atoms with Crippen LogP contribution >= 0.6 is 27.5 Å². The molecule has 0 amide bonds. The molecule has 0 aliphatic carbocycles. The van der Waals surface area contributed by atoms with Crippen LogP contribution in [0.15, 0.2) is 21.0 Å². The van der Waals surface area contributed by atoms with Crippen molar-refractivity contribution in [3.8, 4) is 0 Å². The standard InChI is InChI=1S/C11H12BrClFNOS/c1-11(2,3)17(16)15-6-7-4-8(12)5-9(13)10(7)14/h4-6H,1-3H3. The fourth-order valence-corrected chi connectivity index (χ4v) is 2.29. The molecule has 0 aliphatic rings. The zero-order valence-corrected chi connectivity index (χ0v) is 12.8. The molecular formula is C11H12BrClFNOS. The minimum Gasteiger partial charge on any atom is -0.591 e. The van der Waals surface area contributed by atoms with Gasteiger partial charge in [0.1, 0.15) is 16.1 Å². The summed E-state index contributed by atoms with van der Waals surface area (Å²) in [5.41, 5.74) is 0.210. The van der Waals surface area contributed by atoms with Crippen molar-refractivity contribution in [2.24, 2.45) is 4.40 Å². The highest BCUT2D eigenvalue weighted by Gasteiger charge is 2.26. The van der Waals surface area contributed by atoms with Crippen LogP contribution in [0.2, 0.25) is 5.02 Å². The third-order valence-electron chi connectivity index (χ3n) is 1.83. The van der Waals surface area contributed by atoms with Crippen LogP contribution in [0.1, 0.15) is 26.3 Å². The average Bonchev–Trinajstić information content (AvgIpc) is 2.19. The summed E-state index contributed by atoms with van der Waals surface area (Å²) in [6, 6.07) is 2.99. The second kappa shape index (κ2) is 5.69. The van der Waals surface area contributed by atoms with Gasteiger partial charge in [0.25, 0.3) is 0 Å². The van der Waals surface area contributed by atoms with Crippen molar-refractivity contribution in [3.63, 3.8) is 0 Å². The maximum Gasteiger partial charge on any atom is 0.150 e. The van der Waals surface area contributed by atoms with Gasteiger partial charge in [-0.2, -0.15) is 0 Å². The van der Waals surface area contributed by atoms with Crippen molar-refractivity contribution in [1.82, 2.24) is 0 Å². The summed E-state index contributed by atoms with van der Waals surface area (Å²) in [7, 11) is 0. The van der Waals surface area contributed by atoms with Gasteiger partial charge in [0, 0.05) is 10.0 Å². The molecule has 1 aromatic carbocycles. The van der Waals surface area contributed by atoms with E-state index in [0.717, 1.165) is 0 Å². The van der Waals surface area contributed by atoms with Gasteiger partial charge in [-0.25, -0.2) is 4.39 Å². The fraction of sp³-hybridized carbons (Fsp3) is 0.364. The van der Waals surface area contributed by atoms with Crippen LogP contribution in [0.5, 0.6) is 0 Å². The molecule has 1 unspecified atom stereocenters. The summed E-state index contributed by atoms with van der Waals surface area (Å²) in [4.78, 5) is 0. The van der Waals surface area contributed by atoms with Crippen molar-refractivity contribution in [2.45, 2.75) is 25.5 Å². The number of halogens is 3. The summed E-state index contributed by atoms with van der Waals surface area (Å²) in [6.45, 7) is 5.39. The van der Waals surface area contributed by atoms with Crippen molar-refractivity contribution >= 4 is 45.1 Å². The van der Waals surface area contributed by atoms with Crippen molar-refractivity contribution in [1.29, 1.82) is 0 Å². The molecule has 6 heteroatoms. The maximum atomic E-state index is 13.6. The van der Waals surface area contributed by atoms with Gasteiger partial charge in [-0.3, -0.25) is 0 Å². The van der Waals surface area contributed by atoms with Crippen molar-refractivity contribution in [2.75, 3.05) is 0 Å².